The van der Waals surface area contributed by atoms with Crippen molar-refractivity contribution in [3.05, 3.63) is 60.2 Å². The number of ether oxygens (including phenoxy) is 2. The van der Waals surface area contributed by atoms with E-state index in [4.69, 9.17) is 21.1 Å². The molecule has 1 aromatic heterocycles. The molecule has 2 atom stereocenters. The quantitative estimate of drug-likeness (QED) is 0.467. The first-order valence-electron chi connectivity index (χ1n) is 10.7. The summed E-state index contributed by atoms with van der Waals surface area (Å²) < 4.78 is 26.2. The number of rotatable bonds is 8. The summed E-state index contributed by atoms with van der Waals surface area (Å²) in [4.78, 5) is 23.0. The van der Waals surface area contributed by atoms with Gasteiger partial charge in [0.15, 0.2) is 17.3 Å². The standard InChI is InChI=1S/C24H25ClFN5O3/c1-4-8-27-24(32)19-9-14(12-31(19)2)34-21-10-15-18(11-20(21)33-3)28-13-29-23(15)30-17-7-5-6-16(25)22(17)26/h4-7,10-11,13-14,19H,1,8-9,12H2,2-3H3,(H,27,32)(H,28,29,30)/t14?,19-/m1/s1. The van der Waals surface area contributed by atoms with Crippen molar-refractivity contribution in [2.75, 3.05) is 32.6 Å². The molecule has 1 aliphatic rings. The third-order valence-corrected chi connectivity index (χ3v) is 5.94. The zero-order valence-corrected chi connectivity index (χ0v) is 19.6. The van der Waals surface area contributed by atoms with E-state index in [1.807, 2.05) is 11.9 Å². The van der Waals surface area contributed by atoms with Gasteiger partial charge in [-0.25, -0.2) is 14.4 Å². The molecule has 34 heavy (non-hydrogen) atoms. The van der Waals surface area contributed by atoms with Crippen LogP contribution < -0.4 is 20.1 Å². The Balaban J connectivity index is 1.62. The molecule has 0 saturated carbocycles. The van der Waals surface area contributed by atoms with Gasteiger partial charge in [-0.3, -0.25) is 9.69 Å². The summed E-state index contributed by atoms with van der Waals surface area (Å²) in [6.45, 7) is 4.61. The Morgan fingerprint density at radius 2 is 2.18 bits per heavy atom. The minimum absolute atomic E-state index is 0.00564. The van der Waals surface area contributed by atoms with Gasteiger partial charge in [0.25, 0.3) is 0 Å². The van der Waals surface area contributed by atoms with Crippen LogP contribution >= 0.6 is 11.6 Å². The monoisotopic (exact) mass is 485 g/mol. The zero-order chi connectivity index (χ0) is 24.2. The van der Waals surface area contributed by atoms with Crippen LogP contribution in [0, 0.1) is 5.82 Å². The van der Waals surface area contributed by atoms with Gasteiger partial charge in [0.2, 0.25) is 5.91 Å². The molecule has 1 amide bonds. The lowest BCUT2D eigenvalue weighted by atomic mass is 10.1. The number of benzene rings is 2. The number of likely N-dealkylation sites (N-methyl/N-ethyl adjacent to an activating group) is 1. The Morgan fingerprint density at radius 3 is 2.94 bits per heavy atom. The predicted molar refractivity (Wildman–Crippen MR) is 129 cm³/mol. The fourth-order valence-corrected chi connectivity index (χ4v) is 4.13. The number of nitrogens with one attached hydrogen (secondary N) is 2. The summed E-state index contributed by atoms with van der Waals surface area (Å²) in [6.07, 6.45) is 3.31. The van der Waals surface area contributed by atoms with Crippen LogP contribution in [0.1, 0.15) is 6.42 Å². The van der Waals surface area contributed by atoms with Crippen LogP contribution in [0.3, 0.4) is 0 Å². The smallest absolute Gasteiger partial charge is 0.237 e. The van der Waals surface area contributed by atoms with Crippen molar-refractivity contribution in [3.63, 3.8) is 0 Å². The highest BCUT2D eigenvalue weighted by atomic mass is 35.5. The molecule has 0 radical (unpaired) electrons. The van der Waals surface area contributed by atoms with Crippen molar-refractivity contribution in [1.82, 2.24) is 20.2 Å². The molecule has 8 nitrogen and oxygen atoms in total. The molecule has 2 heterocycles. The Kier molecular flexibility index (Phi) is 7.14. The number of nitrogens with zero attached hydrogens (tertiary/aromatic N) is 3. The number of aromatic nitrogens is 2. The summed E-state index contributed by atoms with van der Waals surface area (Å²) in [5.41, 5.74) is 0.783. The lowest BCUT2D eigenvalue weighted by Gasteiger charge is -2.17. The van der Waals surface area contributed by atoms with E-state index in [1.54, 1.807) is 37.5 Å². The van der Waals surface area contributed by atoms with Crippen LogP contribution in [0.15, 0.2) is 49.3 Å². The first-order chi connectivity index (χ1) is 16.4. The molecule has 3 aromatic rings. The second-order valence-corrected chi connectivity index (χ2v) is 8.34. The molecule has 10 heteroatoms. The summed E-state index contributed by atoms with van der Waals surface area (Å²) in [5, 5.41) is 6.44. The van der Waals surface area contributed by atoms with E-state index >= 15 is 0 Å². The highest BCUT2D eigenvalue weighted by molar-refractivity contribution is 6.31. The zero-order valence-electron chi connectivity index (χ0n) is 18.8. The fourth-order valence-electron chi connectivity index (χ4n) is 3.96. The molecular formula is C24H25ClFN5O3. The fraction of sp³-hybridized carbons (Fsp3) is 0.292. The second-order valence-electron chi connectivity index (χ2n) is 7.93. The molecule has 4 rings (SSSR count). The van der Waals surface area contributed by atoms with E-state index in [1.165, 1.54) is 12.4 Å². The topological polar surface area (TPSA) is 88.6 Å². The molecule has 0 spiro atoms. The molecule has 2 N–H and O–H groups in total. The number of fused-ring (bicyclic) bond motifs is 1. The Hall–Kier alpha value is -3.43. The SMILES string of the molecule is C=CCNC(=O)[C@H]1CC(Oc2cc3c(Nc4cccc(Cl)c4F)ncnc3cc2OC)CN1C. The molecular weight excluding hydrogens is 461 g/mol. The van der Waals surface area contributed by atoms with Crippen molar-refractivity contribution in [2.24, 2.45) is 0 Å². The molecule has 1 saturated heterocycles. The van der Waals surface area contributed by atoms with E-state index in [-0.39, 0.29) is 28.8 Å². The minimum atomic E-state index is -0.573. The molecule has 0 aliphatic carbocycles. The molecule has 1 unspecified atom stereocenters. The van der Waals surface area contributed by atoms with Crippen LogP contribution in [-0.2, 0) is 4.79 Å². The van der Waals surface area contributed by atoms with Gasteiger partial charge >= 0.3 is 0 Å². The maximum atomic E-state index is 14.4. The van der Waals surface area contributed by atoms with Gasteiger partial charge in [-0.15, -0.1) is 6.58 Å². The Bertz CT molecular complexity index is 1220. The number of methoxy groups -OCH3 is 1. The van der Waals surface area contributed by atoms with Gasteiger partial charge in [0.1, 0.15) is 18.2 Å². The van der Waals surface area contributed by atoms with Crippen LogP contribution in [0.4, 0.5) is 15.9 Å². The maximum Gasteiger partial charge on any atom is 0.237 e. The van der Waals surface area contributed by atoms with E-state index < -0.39 is 5.82 Å². The Labute approximate surface area is 201 Å². The van der Waals surface area contributed by atoms with E-state index in [0.29, 0.717) is 47.7 Å². The Morgan fingerprint density at radius 1 is 1.35 bits per heavy atom. The molecule has 178 valence electrons. The van der Waals surface area contributed by atoms with E-state index in [2.05, 4.69) is 27.2 Å². The normalized spacial score (nSPS) is 18.0. The number of halogens is 2. The molecule has 2 aromatic carbocycles. The first-order valence-corrected chi connectivity index (χ1v) is 11.1. The summed E-state index contributed by atoms with van der Waals surface area (Å²) >= 11 is 5.91. The number of carbonyl (C=O) groups excluding carboxylic acids is 1. The van der Waals surface area contributed by atoms with Crippen LogP contribution in [0.5, 0.6) is 11.5 Å². The number of hydrogen-bond acceptors (Lipinski definition) is 7. The van der Waals surface area contributed by atoms with Gasteiger partial charge in [0, 0.05) is 31.0 Å². The predicted octanol–water partition coefficient (Wildman–Crippen LogP) is 3.93. The van der Waals surface area contributed by atoms with Crippen molar-refractivity contribution in [3.8, 4) is 11.5 Å². The number of likely N-dealkylation sites (tertiary alicyclic amines) is 1. The van der Waals surface area contributed by atoms with Crippen molar-refractivity contribution in [2.45, 2.75) is 18.6 Å². The molecule has 0 bridgehead atoms. The number of anilines is 2. The summed E-state index contributed by atoms with van der Waals surface area (Å²) in [7, 11) is 3.43. The van der Waals surface area contributed by atoms with Gasteiger partial charge in [-0.2, -0.15) is 0 Å². The molecule has 1 aliphatic heterocycles. The third-order valence-electron chi connectivity index (χ3n) is 5.65. The minimum Gasteiger partial charge on any atom is -0.493 e. The van der Waals surface area contributed by atoms with E-state index in [9.17, 15) is 9.18 Å². The number of hydrogen-bond donors (Lipinski definition) is 2. The third kappa shape index (κ3) is 4.90. The lowest BCUT2D eigenvalue weighted by Crippen LogP contribution is -2.41. The van der Waals surface area contributed by atoms with Crippen LogP contribution in [-0.4, -0.2) is 60.2 Å². The average Bonchev–Trinajstić information content (AvgIpc) is 3.20. The first kappa shape index (κ1) is 23.7. The van der Waals surface area contributed by atoms with Crippen LogP contribution in [0.2, 0.25) is 5.02 Å². The van der Waals surface area contributed by atoms with Gasteiger partial charge < -0.3 is 20.1 Å². The van der Waals surface area contributed by atoms with E-state index in [0.717, 1.165) is 0 Å². The number of carbonyl (C=O) groups is 1. The number of amides is 1. The largest absolute Gasteiger partial charge is 0.493 e. The van der Waals surface area contributed by atoms with Crippen molar-refractivity contribution >= 4 is 39.9 Å². The molecule has 1 fully saturated rings. The van der Waals surface area contributed by atoms with Crippen LogP contribution in [0.25, 0.3) is 10.9 Å². The highest BCUT2D eigenvalue weighted by Gasteiger charge is 2.36. The van der Waals surface area contributed by atoms with Crippen molar-refractivity contribution < 1.29 is 18.7 Å². The maximum absolute atomic E-state index is 14.4. The highest BCUT2D eigenvalue weighted by Crippen LogP contribution is 2.37. The van der Waals surface area contributed by atoms with Gasteiger partial charge in [-0.05, 0) is 25.2 Å². The lowest BCUT2D eigenvalue weighted by molar-refractivity contribution is -0.124. The van der Waals surface area contributed by atoms with Gasteiger partial charge in [0.05, 0.1) is 29.4 Å². The van der Waals surface area contributed by atoms with Gasteiger partial charge in [-0.1, -0.05) is 23.7 Å². The van der Waals surface area contributed by atoms with Crippen molar-refractivity contribution in [1.29, 1.82) is 0 Å². The second kappa shape index (κ2) is 10.2. The summed E-state index contributed by atoms with van der Waals surface area (Å²) in [6, 6.07) is 7.88. The summed E-state index contributed by atoms with van der Waals surface area (Å²) in [5.74, 6) is 0.722. The average molecular weight is 486 g/mol.